The smallest absolute Gasteiger partial charge is 0.140 e. The van der Waals surface area contributed by atoms with Gasteiger partial charge in [0.1, 0.15) is 17.6 Å². The van der Waals surface area contributed by atoms with Gasteiger partial charge in [-0.1, -0.05) is 18.2 Å². The summed E-state index contributed by atoms with van der Waals surface area (Å²) >= 11 is 0. The molecule has 0 bridgehead atoms. The quantitative estimate of drug-likeness (QED) is 0.845. The van der Waals surface area contributed by atoms with E-state index in [9.17, 15) is 4.39 Å². The van der Waals surface area contributed by atoms with Crippen LogP contribution < -0.4 is 4.74 Å². The number of nitriles is 1. The molecular weight excluding hydrogens is 267 g/mol. The highest BCUT2D eigenvalue weighted by molar-refractivity contribution is 5.34. The first-order valence-electron chi connectivity index (χ1n) is 6.62. The summed E-state index contributed by atoms with van der Waals surface area (Å²) in [6.07, 6.45) is 0. The topological polar surface area (TPSA) is 36.3 Å². The largest absolute Gasteiger partial charge is 0.497 e. The third kappa shape index (κ3) is 4.04. The van der Waals surface area contributed by atoms with Crippen LogP contribution in [0.4, 0.5) is 4.39 Å². The van der Waals surface area contributed by atoms with Gasteiger partial charge in [-0.2, -0.15) is 5.26 Å². The number of halogens is 1. The van der Waals surface area contributed by atoms with E-state index in [1.165, 1.54) is 11.6 Å². The lowest BCUT2D eigenvalue weighted by Gasteiger charge is -2.17. The Morgan fingerprint density at radius 3 is 2.33 bits per heavy atom. The Morgan fingerprint density at radius 2 is 1.71 bits per heavy atom. The van der Waals surface area contributed by atoms with E-state index < -0.39 is 5.82 Å². The number of nitrogens with zero attached hydrogens (tertiary/aromatic N) is 2. The van der Waals surface area contributed by atoms with Crippen LogP contribution in [0.5, 0.6) is 5.75 Å². The summed E-state index contributed by atoms with van der Waals surface area (Å²) in [5.41, 5.74) is 2.18. The zero-order valence-electron chi connectivity index (χ0n) is 12.1. The summed E-state index contributed by atoms with van der Waals surface area (Å²) in [4.78, 5) is 2.11. The fraction of sp³-hybridized carbons (Fsp3) is 0.235. The van der Waals surface area contributed by atoms with Crippen LogP contribution in [0.1, 0.15) is 16.7 Å². The van der Waals surface area contributed by atoms with Crippen LogP contribution >= 0.6 is 0 Å². The monoisotopic (exact) mass is 284 g/mol. The molecule has 21 heavy (non-hydrogen) atoms. The summed E-state index contributed by atoms with van der Waals surface area (Å²) < 4.78 is 18.4. The summed E-state index contributed by atoms with van der Waals surface area (Å²) in [5.74, 6) is 0.359. The molecule has 0 atom stereocenters. The van der Waals surface area contributed by atoms with Crippen LogP contribution in [-0.4, -0.2) is 19.1 Å². The Morgan fingerprint density at radius 1 is 1.10 bits per heavy atom. The van der Waals surface area contributed by atoms with Crippen molar-refractivity contribution >= 4 is 0 Å². The molecule has 0 heterocycles. The molecule has 2 rings (SSSR count). The van der Waals surface area contributed by atoms with Crippen molar-refractivity contribution in [2.24, 2.45) is 0 Å². The van der Waals surface area contributed by atoms with E-state index in [-0.39, 0.29) is 5.56 Å². The molecule has 0 amide bonds. The highest BCUT2D eigenvalue weighted by Crippen LogP contribution is 2.15. The fourth-order valence-corrected chi connectivity index (χ4v) is 2.17. The third-order valence-corrected chi connectivity index (χ3v) is 3.22. The summed E-state index contributed by atoms with van der Waals surface area (Å²) in [7, 11) is 3.63. The molecule has 2 aromatic rings. The average molecular weight is 284 g/mol. The Kier molecular flexibility index (Phi) is 4.91. The fourth-order valence-electron chi connectivity index (χ4n) is 2.17. The van der Waals surface area contributed by atoms with Crippen molar-refractivity contribution in [3.8, 4) is 11.8 Å². The van der Waals surface area contributed by atoms with Gasteiger partial charge in [-0.05, 0) is 42.4 Å². The van der Waals surface area contributed by atoms with E-state index in [4.69, 9.17) is 10.00 Å². The minimum Gasteiger partial charge on any atom is -0.497 e. The molecule has 0 aromatic heterocycles. The van der Waals surface area contributed by atoms with Gasteiger partial charge in [-0.15, -0.1) is 0 Å². The predicted octanol–water partition coefficient (Wildman–Crippen LogP) is 3.34. The Balaban J connectivity index is 2.01. The highest BCUT2D eigenvalue weighted by atomic mass is 19.1. The molecule has 3 nitrogen and oxygen atoms in total. The van der Waals surface area contributed by atoms with Gasteiger partial charge in [0.25, 0.3) is 0 Å². The third-order valence-electron chi connectivity index (χ3n) is 3.22. The molecule has 0 saturated carbocycles. The summed E-state index contributed by atoms with van der Waals surface area (Å²) in [6.45, 7) is 1.42. The molecular formula is C17H17FN2O. The van der Waals surface area contributed by atoms with Gasteiger partial charge in [0.05, 0.1) is 12.7 Å². The predicted molar refractivity (Wildman–Crippen MR) is 79.3 cm³/mol. The number of benzene rings is 2. The number of ether oxygens (including phenoxy) is 1. The Hall–Kier alpha value is -2.38. The molecule has 0 aliphatic carbocycles. The maximum atomic E-state index is 13.3. The second-order valence-corrected chi connectivity index (χ2v) is 4.95. The zero-order valence-corrected chi connectivity index (χ0v) is 12.1. The second kappa shape index (κ2) is 6.87. The summed E-state index contributed by atoms with van der Waals surface area (Å²) in [5, 5.41) is 8.85. The van der Waals surface area contributed by atoms with Gasteiger partial charge in [0, 0.05) is 13.1 Å². The molecule has 0 spiro atoms. The molecule has 0 saturated heterocycles. The minimum atomic E-state index is -0.473. The summed E-state index contributed by atoms with van der Waals surface area (Å²) in [6, 6.07) is 14.4. The number of hydrogen-bond donors (Lipinski definition) is 0. The van der Waals surface area contributed by atoms with Gasteiger partial charge in [-0.3, -0.25) is 4.90 Å². The zero-order chi connectivity index (χ0) is 15.2. The van der Waals surface area contributed by atoms with Gasteiger partial charge in [0.2, 0.25) is 0 Å². The molecule has 4 heteroatoms. The second-order valence-electron chi connectivity index (χ2n) is 4.95. The van der Waals surface area contributed by atoms with Crippen LogP contribution in [0.2, 0.25) is 0 Å². The van der Waals surface area contributed by atoms with E-state index in [0.29, 0.717) is 6.54 Å². The molecule has 108 valence electrons. The Labute approximate surface area is 124 Å². The van der Waals surface area contributed by atoms with Gasteiger partial charge < -0.3 is 4.74 Å². The first-order chi connectivity index (χ1) is 10.1. The van der Waals surface area contributed by atoms with E-state index in [0.717, 1.165) is 17.9 Å². The van der Waals surface area contributed by atoms with Gasteiger partial charge >= 0.3 is 0 Å². The normalized spacial score (nSPS) is 10.4. The lowest BCUT2D eigenvalue weighted by molar-refractivity contribution is 0.318. The molecule has 0 fully saturated rings. The van der Waals surface area contributed by atoms with E-state index in [1.54, 1.807) is 19.2 Å². The maximum Gasteiger partial charge on any atom is 0.140 e. The molecule has 2 aromatic carbocycles. The lowest BCUT2D eigenvalue weighted by atomic mass is 10.1. The van der Waals surface area contributed by atoms with Crippen molar-refractivity contribution < 1.29 is 9.13 Å². The van der Waals surface area contributed by atoms with E-state index in [2.05, 4.69) is 4.90 Å². The maximum absolute atomic E-state index is 13.3. The minimum absolute atomic E-state index is 0.0883. The molecule has 0 aliphatic heterocycles. The molecule has 0 aliphatic rings. The number of rotatable bonds is 5. The number of methoxy groups -OCH3 is 1. The van der Waals surface area contributed by atoms with Crippen LogP contribution in [0.25, 0.3) is 0 Å². The van der Waals surface area contributed by atoms with E-state index >= 15 is 0 Å². The standard InChI is InChI=1S/C17H17FN2O/c1-20(11-13-3-6-16(21-2)7-4-13)12-14-5-8-17(18)15(9-14)10-19/h3-9H,11-12H2,1-2H3. The molecule has 0 N–H and O–H groups in total. The first kappa shape index (κ1) is 15.0. The van der Waals surface area contributed by atoms with E-state index in [1.807, 2.05) is 37.4 Å². The van der Waals surface area contributed by atoms with Crippen molar-refractivity contribution in [2.75, 3.05) is 14.2 Å². The van der Waals surface area contributed by atoms with Gasteiger partial charge in [-0.25, -0.2) is 4.39 Å². The first-order valence-corrected chi connectivity index (χ1v) is 6.62. The van der Waals surface area contributed by atoms with Crippen LogP contribution in [0.15, 0.2) is 42.5 Å². The molecule has 0 unspecified atom stereocenters. The van der Waals surface area contributed by atoms with Crippen LogP contribution in [0, 0.1) is 17.1 Å². The highest BCUT2D eigenvalue weighted by Gasteiger charge is 2.06. The average Bonchev–Trinajstić information content (AvgIpc) is 2.50. The SMILES string of the molecule is COc1ccc(CN(C)Cc2ccc(F)c(C#N)c2)cc1. The van der Waals surface area contributed by atoms with Gasteiger partial charge in [0.15, 0.2) is 0 Å². The molecule has 0 radical (unpaired) electrons. The van der Waals surface area contributed by atoms with Crippen molar-refractivity contribution in [1.29, 1.82) is 5.26 Å². The van der Waals surface area contributed by atoms with Crippen molar-refractivity contribution in [1.82, 2.24) is 4.90 Å². The number of hydrogen-bond acceptors (Lipinski definition) is 3. The Bertz CT molecular complexity index is 647. The van der Waals surface area contributed by atoms with Crippen molar-refractivity contribution in [3.63, 3.8) is 0 Å². The van der Waals surface area contributed by atoms with Crippen LogP contribution in [-0.2, 0) is 13.1 Å². The lowest BCUT2D eigenvalue weighted by Crippen LogP contribution is -2.17. The van der Waals surface area contributed by atoms with Crippen molar-refractivity contribution in [2.45, 2.75) is 13.1 Å². The van der Waals surface area contributed by atoms with Crippen molar-refractivity contribution in [3.05, 3.63) is 65.0 Å². The van der Waals surface area contributed by atoms with Crippen LogP contribution in [0.3, 0.4) is 0 Å².